The van der Waals surface area contributed by atoms with E-state index in [2.05, 4.69) is 32.4 Å². The van der Waals surface area contributed by atoms with Crippen LogP contribution in [-0.4, -0.2) is 67.8 Å². The number of hydrogen-bond donors (Lipinski definition) is 2. The number of rotatable bonds is 7. The molecular weight excluding hydrogens is 376 g/mol. The molecule has 28 heavy (non-hydrogen) atoms. The minimum Gasteiger partial charge on any atom is -0.367 e. The van der Waals surface area contributed by atoms with Gasteiger partial charge in [0.25, 0.3) is 0 Å². The van der Waals surface area contributed by atoms with Crippen molar-refractivity contribution < 1.29 is 9.59 Å². The maximum Gasteiger partial charge on any atom is 0.317 e. The van der Waals surface area contributed by atoms with Crippen LogP contribution in [0.4, 0.5) is 16.2 Å². The monoisotopic (exact) mass is 402 g/mol. The minimum atomic E-state index is -0.0182. The van der Waals surface area contributed by atoms with E-state index in [0.717, 1.165) is 53.9 Å². The van der Waals surface area contributed by atoms with E-state index in [1.54, 1.807) is 12.5 Å². The fourth-order valence-corrected chi connectivity index (χ4v) is 4.17. The molecule has 150 valence electrons. The second kappa shape index (κ2) is 9.50. The lowest BCUT2D eigenvalue weighted by Crippen LogP contribution is -2.51. The molecule has 0 radical (unpaired) electrons. The molecule has 1 aliphatic rings. The molecule has 0 aliphatic carbocycles. The molecule has 2 aromatic heterocycles. The molecule has 1 saturated heterocycles. The Hall–Kier alpha value is -2.68. The molecule has 0 saturated carbocycles. The number of fused-ring (bicyclic) bond motifs is 1. The van der Waals surface area contributed by atoms with E-state index in [1.165, 1.54) is 11.3 Å². The second-order valence-corrected chi connectivity index (χ2v) is 7.49. The fraction of sp³-hybridized carbons (Fsp3) is 0.474. The van der Waals surface area contributed by atoms with Crippen LogP contribution in [0.3, 0.4) is 0 Å². The molecule has 9 heteroatoms. The predicted octanol–water partition coefficient (Wildman–Crippen LogP) is 2.81. The van der Waals surface area contributed by atoms with Gasteiger partial charge in [0, 0.05) is 45.5 Å². The van der Waals surface area contributed by atoms with Crippen LogP contribution in [0.2, 0.25) is 0 Å². The molecule has 0 bridgehead atoms. The van der Waals surface area contributed by atoms with E-state index in [-0.39, 0.29) is 6.03 Å². The Morgan fingerprint density at radius 1 is 1.32 bits per heavy atom. The van der Waals surface area contributed by atoms with Gasteiger partial charge in [0.05, 0.1) is 28.0 Å². The fourth-order valence-electron chi connectivity index (χ4n) is 3.23. The number of hydrogen-bond acceptors (Lipinski definition) is 6. The SMILES string of the molecule is CCCN=CNc1c(C=O)sc2nccc(N3CCN(C(=O)NCC)CC3)c12. The molecule has 0 unspecified atom stereocenters. The molecule has 0 atom stereocenters. The molecule has 1 aliphatic heterocycles. The van der Waals surface area contributed by atoms with E-state index in [9.17, 15) is 9.59 Å². The Bertz CT molecular complexity index is 857. The summed E-state index contributed by atoms with van der Waals surface area (Å²) < 4.78 is 0. The number of carbonyl (C=O) groups is 2. The molecular formula is C19H26N6O2S. The number of thiophene rings is 1. The molecule has 8 nitrogen and oxygen atoms in total. The first-order valence-electron chi connectivity index (χ1n) is 9.58. The van der Waals surface area contributed by atoms with Crippen molar-refractivity contribution in [2.75, 3.05) is 49.5 Å². The normalized spacial score (nSPS) is 14.6. The van der Waals surface area contributed by atoms with Gasteiger partial charge in [0.1, 0.15) is 4.83 Å². The van der Waals surface area contributed by atoms with Gasteiger partial charge in [-0.1, -0.05) is 6.92 Å². The van der Waals surface area contributed by atoms with Crippen molar-refractivity contribution in [2.45, 2.75) is 20.3 Å². The quantitative estimate of drug-likeness (QED) is 0.422. The lowest BCUT2D eigenvalue weighted by atomic mass is 10.2. The molecule has 0 aromatic carbocycles. The number of amides is 2. The van der Waals surface area contributed by atoms with Gasteiger partial charge in [-0.3, -0.25) is 9.79 Å². The number of urea groups is 1. The van der Waals surface area contributed by atoms with Crippen LogP contribution in [-0.2, 0) is 0 Å². The number of anilines is 2. The Kier molecular flexibility index (Phi) is 6.80. The first-order valence-corrected chi connectivity index (χ1v) is 10.4. The molecule has 2 amide bonds. The summed E-state index contributed by atoms with van der Waals surface area (Å²) in [5.41, 5.74) is 1.78. The zero-order chi connectivity index (χ0) is 19.9. The Labute approximate surface area is 168 Å². The number of aromatic nitrogens is 1. The molecule has 1 fully saturated rings. The van der Waals surface area contributed by atoms with Gasteiger partial charge in [-0.15, -0.1) is 11.3 Å². The average Bonchev–Trinajstić information content (AvgIpc) is 3.09. The maximum absolute atomic E-state index is 12.0. The molecule has 3 heterocycles. The van der Waals surface area contributed by atoms with E-state index in [0.29, 0.717) is 24.5 Å². The number of aliphatic imine (C=N–C) groups is 1. The van der Waals surface area contributed by atoms with Crippen LogP contribution >= 0.6 is 11.3 Å². The number of aldehydes is 1. The van der Waals surface area contributed by atoms with Gasteiger partial charge in [-0.05, 0) is 19.4 Å². The summed E-state index contributed by atoms with van der Waals surface area (Å²) in [5, 5.41) is 6.98. The molecule has 0 spiro atoms. The van der Waals surface area contributed by atoms with E-state index in [4.69, 9.17) is 0 Å². The summed E-state index contributed by atoms with van der Waals surface area (Å²) in [6.07, 6.45) is 5.25. The van der Waals surface area contributed by atoms with Crippen molar-refractivity contribution >= 4 is 51.6 Å². The van der Waals surface area contributed by atoms with Gasteiger partial charge in [0.15, 0.2) is 6.29 Å². The highest BCUT2D eigenvalue weighted by Gasteiger charge is 2.24. The molecule has 2 N–H and O–H groups in total. The Balaban J connectivity index is 1.86. The van der Waals surface area contributed by atoms with Crippen LogP contribution < -0.4 is 15.5 Å². The van der Waals surface area contributed by atoms with E-state index in [1.807, 2.05) is 17.9 Å². The van der Waals surface area contributed by atoms with Gasteiger partial charge < -0.3 is 20.4 Å². The number of nitrogens with zero attached hydrogens (tertiary/aromatic N) is 4. The first kappa shape index (κ1) is 20.1. The summed E-state index contributed by atoms with van der Waals surface area (Å²) in [7, 11) is 0. The number of pyridine rings is 1. The largest absolute Gasteiger partial charge is 0.367 e. The highest BCUT2D eigenvalue weighted by atomic mass is 32.1. The Morgan fingerprint density at radius 2 is 2.11 bits per heavy atom. The zero-order valence-electron chi connectivity index (χ0n) is 16.3. The highest BCUT2D eigenvalue weighted by molar-refractivity contribution is 7.21. The van der Waals surface area contributed by atoms with Gasteiger partial charge >= 0.3 is 6.03 Å². The minimum absolute atomic E-state index is 0.0182. The zero-order valence-corrected chi connectivity index (χ0v) is 17.1. The topological polar surface area (TPSA) is 89.9 Å². The van der Waals surface area contributed by atoms with Gasteiger partial charge in [-0.2, -0.15) is 0 Å². The van der Waals surface area contributed by atoms with Crippen molar-refractivity contribution in [3.05, 3.63) is 17.1 Å². The van der Waals surface area contributed by atoms with Crippen LogP contribution in [0.25, 0.3) is 10.2 Å². The van der Waals surface area contributed by atoms with E-state index < -0.39 is 0 Å². The van der Waals surface area contributed by atoms with Crippen molar-refractivity contribution in [3.8, 4) is 0 Å². The summed E-state index contributed by atoms with van der Waals surface area (Å²) in [6.45, 7) is 8.11. The van der Waals surface area contributed by atoms with Crippen LogP contribution in [0.15, 0.2) is 17.3 Å². The van der Waals surface area contributed by atoms with Gasteiger partial charge in [-0.25, -0.2) is 9.78 Å². The maximum atomic E-state index is 12.0. The molecule has 2 aromatic rings. The predicted molar refractivity (Wildman–Crippen MR) is 115 cm³/mol. The third-order valence-electron chi connectivity index (χ3n) is 4.59. The standard InChI is InChI=1S/C19H26N6O2S/c1-3-6-20-13-23-17-15(12-26)28-18-16(17)14(5-7-22-18)24-8-10-25(11-9-24)19(27)21-4-2/h5,7,12-13H,3-4,6,8-11H2,1-2H3,(H,20,23)(H,21,27). The summed E-state index contributed by atoms with van der Waals surface area (Å²) >= 11 is 1.37. The van der Waals surface area contributed by atoms with Crippen molar-refractivity contribution in [2.24, 2.45) is 4.99 Å². The van der Waals surface area contributed by atoms with Crippen LogP contribution in [0, 0.1) is 0 Å². The van der Waals surface area contributed by atoms with E-state index >= 15 is 0 Å². The summed E-state index contributed by atoms with van der Waals surface area (Å²) in [4.78, 5) is 37.9. The van der Waals surface area contributed by atoms with Crippen LogP contribution in [0.1, 0.15) is 29.9 Å². The molecule has 3 rings (SSSR count). The van der Waals surface area contributed by atoms with Crippen LogP contribution in [0.5, 0.6) is 0 Å². The second-order valence-electron chi connectivity index (χ2n) is 6.46. The van der Waals surface area contributed by atoms with Crippen molar-refractivity contribution in [3.63, 3.8) is 0 Å². The first-order chi connectivity index (χ1) is 13.7. The smallest absolute Gasteiger partial charge is 0.317 e. The lowest BCUT2D eigenvalue weighted by molar-refractivity contribution is 0.112. The van der Waals surface area contributed by atoms with Crippen molar-refractivity contribution in [1.82, 2.24) is 15.2 Å². The number of piperazine rings is 1. The van der Waals surface area contributed by atoms with Crippen molar-refractivity contribution in [1.29, 1.82) is 0 Å². The summed E-state index contributed by atoms with van der Waals surface area (Å²) in [5.74, 6) is 0. The Morgan fingerprint density at radius 3 is 2.79 bits per heavy atom. The highest BCUT2D eigenvalue weighted by Crippen LogP contribution is 2.39. The third-order valence-corrected chi connectivity index (χ3v) is 5.62. The number of carbonyl (C=O) groups excluding carboxylic acids is 2. The third kappa shape index (κ3) is 4.24. The lowest BCUT2D eigenvalue weighted by Gasteiger charge is -2.36. The number of nitrogens with one attached hydrogen (secondary N) is 2. The van der Waals surface area contributed by atoms with Gasteiger partial charge in [0.2, 0.25) is 0 Å². The summed E-state index contributed by atoms with van der Waals surface area (Å²) in [6, 6.07) is 1.95. The average molecular weight is 403 g/mol.